The summed E-state index contributed by atoms with van der Waals surface area (Å²) in [6, 6.07) is 10.1. The third-order valence-electron chi connectivity index (χ3n) is 1.68. The van der Waals surface area contributed by atoms with Gasteiger partial charge < -0.3 is 0 Å². The Morgan fingerprint density at radius 3 is 3.17 bits per heavy atom. The molecular weight excluding hydrogens is 150 g/mol. The van der Waals surface area contributed by atoms with Crippen LogP contribution in [-0.2, 0) is 0 Å². The molecule has 57 valence electrons. The van der Waals surface area contributed by atoms with E-state index in [1.165, 1.54) is 0 Å². The molecule has 0 N–H and O–H groups in total. The van der Waals surface area contributed by atoms with Gasteiger partial charge in [-0.1, -0.05) is 12.1 Å². The Hall–Kier alpha value is -1.70. The highest BCUT2D eigenvalue weighted by atomic mass is 16.1. The molecule has 0 fully saturated rings. The van der Waals surface area contributed by atoms with Gasteiger partial charge in [-0.2, -0.15) is 0 Å². The number of fused-ring (bicyclic) bond motifs is 1. The molecule has 1 aromatic carbocycles. The third-order valence-corrected chi connectivity index (χ3v) is 1.68. The largest absolute Gasteiger partial charge is 0.298 e. The standard InChI is InChI=1S/C10H6NO/c12-7-8-3-4-9-2-1-5-11-10(9)6-8/h1,3-7H. The smallest absolute Gasteiger partial charge is 0.150 e. The number of aromatic nitrogens is 1. The molecule has 2 rings (SSSR count). The van der Waals surface area contributed by atoms with Crippen molar-refractivity contribution in [3.8, 4) is 0 Å². The normalized spacial score (nSPS) is 10.0. The van der Waals surface area contributed by atoms with Crippen LogP contribution in [0.4, 0.5) is 0 Å². The van der Waals surface area contributed by atoms with Gasteiger partial charge in [0.1, 0.15) is 6.29 Å². The minimum Gasteiger partial charge on any atom is -0.298 e. The van der Waals surface area contributed by atoms with E-state index in [1.807, 2.05) is 6.07 Å². The molecule has 0 saturated carbocycles. The number of hydrogen-bond donors (Lipinski definition) is 0. The molecule has 0 bridgehead atoms. The predicted molar refractivity (Wildman–Crippen MR) is 46.0 cm³/mol. The van der Waals surface area contributed by atoms with Gasteiger partial charge in [0, 0.05) is 17.1 Å². The van der Waals surface area contributed by atoms with Gasteiger partial charge in [0.15, 0.2) is 0 Å². The third kappa shape index (κ3) is 1.07. The van der Waals surface area contributed by atoms with Crippen LogP contribution >= 0.6 is 0 Å². The summed E-state index contributed by atoms with van der Waals surface area (Å²) >= 11 is 0. The van der Waals surface area contributed by atoms with E-state index in [9.17, 15) is 4.79 Å². The minimum absolute atomic E-state index is 0.648. The number of nitrogens with zero attached hydrogens (tertiary/aromatic N) is 1. The second-order valence-electron chi connectivity index (χ2n) is 2.48. The summed E-state index contributed by atoms with van der Waals surface area (Å²) in [7, 11) is 0. The molecule has 0 aliphatic rings. The van der Waals surface area contributed by atoms with E-state index in [0.717, 1.165) is 17.2 Å². The molecule has 0 atom stereocenters. The Morgan fingerprint density at radius 1 is 1.42 bits per heavy atom. The zero-order chi connectivity index (χ0) is 8.39. The average molecular weight is 156 g/mol. The summed E-state index contributed by atoms with van der Waals surface area (Å²) in [4.78, 5) is 14.5. The van der Waals surface area contributed by atoms with E-state index in [4.69, 9.17) is 0 Å². The zero-order valence-corrected chi connectivity index (χ0v) is 6.32. The summed E-state index contributed by atoms with van der Waals surface area (Å²) in [5.41, 5.74) is 1.46. The zero-order valence-electron chi connectivity index (χ0n) is 6.32. The highest BCUT2D eigenvalue weighted by Gasteiger charge is 1.94. The van der Waals surface area contributed by atoms with Crippen molar-refractivity contribution in [2.24, 2.45) is 0 Å². The van der Waals surface area contributed by atoms with Gasteiger partial charge in [0.05, 0.1) is 5.52 Å². The highest BCUT2D eigenvalue weighted by molar-refractivity contribution is 5.85. The summed E-state index contributed by atoms with van der Waals surface area (Å²) in [6.45, 7) is 0. The first-order valence-electron chi connectivity index (χ1n) is 3.62. The van der Waals surface area contributed by atoms with Crippen LogP contribution in [-0.4, -0.2) is 11.3 Å². The van der Waals surface area contributed by atoms with E-state index in [2.05, 4.69) is 11.1 Å². The lowest BCUT2D eigenvalue weighted by Gasteiger charge is -1.94. The van der Waals surface area contributed by atoms with Crippen LogP contribution in [0.5, 0.6) is 0 Å². The van der Waals surface area contributed by atoms with Crippen LogP contribution in [0.2, 0.25) is 0 Å². The second kappa shape index (κ2) is 2.74. The summed E-state index contributed by atoms with van der Waals surface area (Å²) < 4.78 is 0. The number of aldehydes is 1. The fourth-order valence-electron chi connectivity index (χ4n) is 1.10. The molecule has 0 aliphatic carbocycles. The van der Waals surface area contributed by atoms with Crippen molar-refractivity contribution >= 4 is 17.2 Å². The highest BCUT2D eigenvalue weighted by Crippen LogP contribution is 2.10. The monoisotopic (exact) mass is 156 g/mol. The maximum absolute atomic E-state index is 10.4. The molecule has 0 amide bonds. The topological polar surface area (TPSA) is 30.0 Å². The Morgan fingerprint density at radius 2 is 2.33 bits per heavy atom. The van der Waals surface area contributed by atoms with Crippen molar-refractivity contribution < 1.29 is 4.79 Å². The first-order chi connectivity index (χ1) is 5.90. The maximum Gasteiger partial charge on any atom is 0.150 e. The van der Waals surface area contributed by atoms with Crippen LogP contribution in [0.15, 0.2) is 30.5 Å². The average Bonchev–Trinajstić information content (AvgIpc) is 2.17. The van der Waals surface area contributed by atoms with Crippen molar-refractivity contribution in [1.29, 1.82) is 0 Å². The van der Waals surface area contributed by atoms with E-state index >= 15 is 0 Å². The predicted octanol–water partition coefficient (Wildman–Crippen LogP) is 1.85. The quantitative estimate of drug-likeness (QED) is 0.590. The van der Waals surface area contributed by atoms with Gasteiger partial charge in [0.25, 0.3) is 0 Å². The van der Waals surface area contributed by atoms with Gasteiger partial charge in [-0.25, -0.2) is 0 Å². The number of pyridine rings is 1. The molecule has 1 heterocycles. The van der Waals surface area contributed by atoms with Crippen molar-refractivity contribution in [3.05, 3.63) is 42.1 Å². The fourth-order valence-corrected chi connectivity index (χ4v) is 1.10. The number of benzene rings is 1. The summed E-state index contributed by atoms with van der Waals surface area (Å²) in [5.74, 6) is 0. The van der Waals surface area contributed by atoms with E-state index in [-0.39, 0.29) is 0 Å². The first-order valence-corrected chi connectivity index (χ1v) is 3.62. The lowest BCUT2D eigenvalue weighted by atomic mass is 10.1. The van der Waals surface area contributed by atoms with Crippen molar-refractivity contribution in [2.45, 2.75) is 0 Å². The van der Waals surface area contributed by atoms with Gasteiger partial charge in [-0.3, -0.25) is 9.78 Å². The SMILES string of the molecule is O=Cc1ccc2[c]ccnc2c1. The molecule has 2 heteroatoms. The van der Waals surface area contributed by atoms with E-state index < -0.39 is 0 Å². The Labute approximate surface area is 69.9 Å². The number of carbonyl (C=O) groups is 1. The minimum atomic E-state index is 0.648. The molecule has 12 heavy (non-hydrogen) atoms. The maximum atomic E-state index is 10.4. The van der Waals surface area contributed by atoms with Crippen LogP contribution in [0.1, 0.15) is 10.4 Å². The lowest BCUT2D eigenvalue weighted by Crippen LogP contribution is -1.82. The van der Waals surface area contributed by atoms with Gasteiger partial charge in [-0.05, 0) is 18.2 Å². The molecule has 1 radical (unpaired) electrons. The van der Waals surface area contributed by atoms with Crippen molar-refractivity contribution in [1.82, 2.24) is 4.98 Å². The molecule has 1 aromatic heterocycles. The van der Waals surface area contributed by atoms with Crippen LogP contribution in [0, 0.1) is 6.07 Å². The van der Waals surface area contributed by atoms with Crippen LogP contribution in [0.3, 0.4) is 0 Å². The van der Waals surface area contributed by atoms with Gasteiger partial charge >= 0.3 is 0 Å². The molecule has 2 nitrogen and oxygen atoms in total. The Bertz CT molecular complexity index is 423. The number of carbonyl (C=O) groups excluding carboxylic acids is 1. The molecular formula is C10H6NO. The van der Waals surface area contributed by atoms with E-state index in [0.29, 0.717) is 5.56 Å². The molecule has 0 saturated heterocycles. The summed E-state index contributed by atoms with van der Waals surface area (Å²) in [5, 5.41) is 0.933. The first kappa shape index (κ1) is 6.98. The fraction of sp³-hybridized carbons (Fsp3) is 0. The van der Waals surface area contributed by atoms with Crippen molar-refractivity contribution in [2.75, 3.05) is 0 Å². The number of rotatable bonds is 1. The Balaban J connectivity index is 2.75. The van der Waals surface area contributed by atoms with Crippen LogP contribution in [0.25, 0.3) is 10.9 Å². The lowest BCUT2D eigenvalue weighted by molar-refractivity contribution is 0.112. The van der Waals surface area contributed by atoms with Crippen molar-refractivity contribution in [3.63, 3.8) is 0 Å². The van der Waals surface area contributed by atoms with Crippen LogP contribution < -0.4 is 0 Å². The molecule has 0 spiro atoms. The second-order valence-corrected chi connectivity index (χ2v) is 2.48. The van der Waals surface area contributed by atoms with E-state index in [1.54, 1.807) is 24.4 Å². The molecule has 2 aromatic rings. The van der Waals surface area contributed by atoms with Gasteiger partial charge in [-0.15, -0.1) is 0 Å². The molecule has 0 aliphatic heterocycles. The van der Waals surface area contributed by atoms with Gasteiger partial charge in [0.2, 0.25) is 0 Å². The Kier molecular flexibility index (Phi) is 1.59. The summed E-state index contributed by atoms with van der Waals surface area (Å²) in [6.07, 6.45) is 2.48. The number of hydrogen-bond acceptors (Lipinski definition) is 2. The molecule has 0 unspecified atom stereocenters.